The van der Waals surface area contributed by atoms with Gasteiger partial charge in [0.1, 0.15) is 12.3 Å². The van der Waals surface area contributed by atoms with Gasteiger partial charge in [-0.3, -0.25) is 0 Å². The fourth-order valence-corrected chi connectivity index (χ4v) is 4.44. The number of hydrogen-bond donors (Lipinski definition) is 1. The molecule has 0 spiro atoms. The summed E-state index contributed by atoms with van der Waals surface area (Å²) in [5.74, 6) is 4.42. The van der Waals surface area contributed by atoms with Gasteiger partial charge in [-0.1, -0.05) is 12.1 Å². The van der Waals surface area contributed by atoms with E-state index in [1.807, 2.05) is 42.1 Å². The lowest BCUT2D eigenvalue weighted by Crippen LogP contribution is -2.42. The van der Waals surface area contributed by atoms with Gasteiger partial charge in [0.05, 0.1) is 10.2 Å². The van der Waals surface area contributed by atoms with Crippen LogP contribution < -0.4 is 5.73 Å². The Morgan fingerprint density at radius 2 is 2.04 bits per heavy atom. The number of thioether (sulfide) groups is 1. The average Bonchev–Trinajstić information content (AvgIpc) is 3.27. The van der Waals surface area contributed by atoms with E-state index in [0.29, 0.717) is 12.5 Å². The Morgan fingerprint density at radius 1 is 1.21 bits per heavy atom. The van der Waals surface area contributed by atoms with Gasteiger partial charge >= 0.3 is 0 Å². The Hall–Kier alpha value is -1.99. The summed E-state index contributed by atoms with van der Waals surface area (Å²) in [4.78, 5) is 11.2. The first-order valence-electron chi connectivity index (χ1n) is 7.87. The first-order valence-corrected chi connectivity index (χ1v) is 9.84. The molecule has 4 rings (SSSR count). The van der Waals surface area contributed by atoms with E-state index in [-0.39, 0.29) is 0 Å². The molecule has 2 N–H and O–H groups in total. The Bertz CT molecular complexity index is 831. The topological polar surface area (TPSA) is 67.6 Å². The van der Waals surface area contributed by atoms with Crippen molar-refractivity contribution in [2.24, 2.45) is 10.7 Å². The van der Waals surface area contributed by atoms with E-state index >= 15 is 0 Å². The molecule has 7 heteroatoms. The van der Waals surface area contributed by atoms with Crippen molar-refractivity contribution in [1.29, 1.82) is 0 Å². The standard InChI is InChI=1S/C17H18N4OS2/c18-17(21-7-9-23-10-8-21)19-11-12-5-6-14(22-12)16-20-13-3-1-2-4-15(13)24-16/h1-6H,7-11H2,(H2,18,19). The van der Waals surface area contributed by atoms with Gasteiger partial charge in [0.25, 0.3) is 0 Å². The zero-order valence-electron chi connectivity index (χ0n) is 13.1. The minimum absolute atomic E-state index is 0.459. The quantitative estimate of drug-likeness (QED) is 0.574. The molecular formula is C17H18N4OS2. The van der Waals surface area contributed by atoms with Crippen molar-refractivity contribution in [3.8, 4) is 10.8 Å². The summed E-state index contributed by atoms with van der Waals surface area (Å²) in [5.41, 5.74) is 7.08. The number of hydrogen-bond acceptors (Lipinski definition) is 5. The zero-order valence-corrected chi connectivity index (χ0v) is 14.8. The van der Waals surface area contributed by atoms with Gasteiger partial charge in [-0.2, -0.15) is 11.8 Å². The normalized spacial score (nSPS) is 16.0. The molecule has 2 aromatic heterocycles. The van der Waals surface area contributed by atoms with Crippen LogP contribution in [0.3, 0.4) is 0 Å². The summed E-state index contributed by atoms with van der Waals surface area (Å²) < 4.78 is 7.06. The number of guanidine groups is 1. The van der Waals surface area contributed by atoms with E-state index in [0.717, 1.165) is 51.3 Å². The van der Waals surface area contributed by atoms with Crippen molar-refractivity contribution in [2.75, 3.05) is 24.6 Å². The molecular weight excluding hydrogens is 340 g/mol. The summed E-state index contributed by atoms with van der Waals surface area (Å²) in [6.07, 6.45) is 0. The van der Waals surface area contributed by atoms with E-state index in [2.05, 4.69) is 20.9 Å². The SMILES string of the molecule is NC(=NCc1ccc(-c2nc3ccccc3s2)o1)N1CCSCC1. The predicted molar refractivity (Wildman–Crippen MR) is 102 cm³/mol. The summed E-state index contributed by atoms with van der Waals surface area (Å²) in [6, 6.07) is 12.0. The second-order valence-corrected chi connectivity index (χ2v) is 7.78. The number of nitrogens with two attached hydrogens (primary N) is 1. The third-order valence-electron chi connectivity index (χ3n) is 3.90. The first kappa shape index (κ1) is 15.5. The van der Waals surface area contributed by atoms with Gasteiger partial charge in [-0.05, 0) is 24.3 Å². The molecule has 24 heavy (non-hydrogen) atoms. The number of para-hydroxylation sites is 1. The predicted octanol–water partition coefficient (Wildman–Crippen LogP) is 3.42. The number of furan rings is 1. The third-order valence-corrected chi connectivity index (χ3v) is 5.89. The maximum atomic E-state index is 6.08. The number of aliphatic imine (C=N–C) groups is 1. The fourth-order valence-electron chi connectivity index (χ4n) is 2.61. The van der Waals surface area contributed by atoms with Crippen LogP contribution in [0.5, 0.6) is 0 Å². The largest absolute Gasteiger partial charge is 0.457 e. The monoisotopic (exact) mass is 358 g/mol. The molecule has 3 heterocycles. The molecule has 3 aromatic rings. The van der Waals surface area contributed by atoms with Crippen LogP contribution in [-0.4, -0.2) is 40.4 Å². The number of benzene rings is 1. The van der Waals surface area contributed by atoms with Crippen LogP contribution in [0.2, 0.25) is 0 Å². The maximum absolute atomic E-state index is 6.08. The highest BCUT2D eigenvalue weighted by Crippen LogP contribution is 2.31. The molecule has 0 unspecified atom stereocenters. The average molecular weight is 358 g/mol. The van der Waals surface area contributed by atoms with Crippen molar-refractivity contribution < 1.29 is 4.42 Å². The molecule has 0 bridgehead atoms. The molecule has 1 saturated heterocycles. The van der Waals surface area contributed by atoms with Crippen LogP contribution in [0.25, 0.3) is 21.0 Å². The summed E-state index contributed by atoms with van der Waals surface area (Å²) in [6.45, 7) is 2.39. The van der Waals surface area contributed by atoms with Crippen LogP contribution in [0.15, 0.2) is 45.8 Å². The molecule has 1 aliphatic heterocycles. The van der Waals surface area contributed by atoms with Gasteiger partial charge < -0.3 is 15.1 Å². The minimum Gasteiger partial charge on any atom is -0.457 e. The van der Waals surface area contributed by atoms with Gasteiger partial charge in [0.15, 0.2) is 16.7 Å². The highest BCUT2D eigenvalue weighted by atomic mass is 32.2. The maximum Gasteiger partial charge on any atom is 0.191 e. The lowest BCUT2D eigenvalue weighted by Gasteiger charge is -2.27. The van der Waals surface area contributed by atoms with Crippen LogP contribution >= 0.6 is 23.1 Å². The summed E-state index contributed by atoms with van der Waals surface area (Å²) in [5, 5.41) is 0.896. The molecule has 0 atom stereocenters. The van der Waals surface area contributed by atoms with E-state index in [1.54, 1.807) is 11.3 Å². The Kier molecular flexibility index (Phi) is 4.44. The van der Waals surface area contributed by atoms with E-state index in [1.165, 1.54) is 0 Å². The number of thiazole rings is 1. The smallest absolute Gasteiger partial charge is 0.191 e. The van der Waals surface area contributed by atoms with E-state index < -0.39 is 0 Å². The van der Waals surface area contributed by atoms with Crippen LogP contribution in [-0.2, 0) is 6.54 Å². The number of aromatic nitrogens is 1. The molecule has 1 fully saturated rings. The second-order valence-electron chi connectivity index (χ2n) is 5.53. The van der Waals surface area contributed by atoms with Crippen LogP contribution in [0, 0.1) is 0 Å². The zero-order chi connectivity index (χ0) is 16.4. The van der Waals surface area contributed by atoms with E-state index in [9.17, 15) is 0 Å². The second kappa shape index (κ2) is 6.86. The first-order chi connectivity index (χ1) is 11.8. The van der Waals surface area contributed by atoms with Crippen molar-refractivity contribution in [3.63, 3.8) is 0 Å². The third kappa shape index (κ3) is 3.27. The number of nitrogens with zero attached hydrogens (tertiary/aromatic N) is 3. The highest BCUT2D eigenvalue weighted by Gasteiger charge is 2.13. The van der Waals surface area contributed by atoms with Gasteiger partial charge in [0.2, 0.25) is 0 Å². The lowest BCUT2D eigenvalue weighted by molar-refractivity contribution is 0.453. The van der Waals surface area contributed by atoms with Crippen LogP contribution in [0.4, 0.5) is 0 Å². The van der Waals surface area contributed by atoms with Gasteiger partial charge in [-0.15, -0.1) is 11.3 Å². The molecule has 0 saturated carbocycles. The van der Waals surface area contributed by atoms with E-state index in [4.69, 9.17) is 10.2 Å². The Labute approximate surface area is 148 Å². The molecule has 0 radical (unpaired) electrons. The molecule has 0 amide bonds. The molecule has 124 valence electrons. The Balaban J connectivity index is 1.48. The van der Waals surface area contributed by atoms with Crippen molar-refractivity contribution in [3.05, 3.63) is 42.2 Å². The molecule has 0 aliphatic carbocycles. The lowest BCUT2D eigenvalue weighted by atomic mass is 10.3. The fraction of sp³-hybridized carbons (Fsp3) is 0.294. The molecule has 1 aromatic carbocycles. The molecule has 1 aliphatic rings. The number of fused-ring (bicyclic) bond motifs is 1. The van der Waals surface area contributed by atoms with Crippen LogP contribution in [0.1, 0.15) is 5.76 Å². The number of rotatable bonds is 3. The minimum atomic E-state index is 0.459. The van der Waals surface area contributed by atoms with Crippen molar-refractivity contribution in [1.82, 2.24) is 9.88 Å². The van der Waals surface area contributed by atoms with Gasteiger partial charge in [-0.25, -0.2) is 9.98 Å². The summed E-state index contributed by atoms with van der Waals surface area (Å²) in [7, 11) is 0. The summed E-state index contributed by atoms with van der Waals surface area (Å²) >= 11 is 3.59. The van der Waals surface area contributed by atoms with Gasteiger partial charge in [0, 0.05) is 24.6 Å². The highest BCUT2D eigenvalue weighted by molar-refractivity contribution is 7.99. The Morgan fingerprint density at radius 3 is 2.88 bits per heavy atom. The molecule has 5 nitrogen and oxygen atoms in total. The van der Waals surface area contributed by atoms with Crippen molar-refractivity contribution >= 4 is 39.3 Å². The van der Waals surface area contributed by atoms with Crippen molar-refractivity contribution in [2.45, 2.75) is 6.54 Å².